The third kappa shape index (κ3) is 7.16. The molecule has 104 valence electrons. The lowest BCUT2D eigenvalue weighted by Gasteiger charge is -2.14. The second-order valence-electron chi connectivity index (χ2n) is 3.77. The Balaban J connectivity index is 3.90. The van der Waals surface area contributed by atoms with Crippen molar-refractivity contribution in [2.45, 2.75) is 38.0 Å². The van der Waals surface area contributed by atoms with Crippen LogP contribution in [0.5, 0.6) is 0 Å². The van der Waals surface area contributed by atoms with Crippen LogP contribution in [-0.4, -0.2) is 47.0 Å². The summed E-state index contributed by atoms with van der Waals surface area (Å²) in [6.07, 6.45) is 1.55. The molecule has 2 atom stereocenters. The van der Waals surface area contributed by atoms with E-state index in [4.69, 9.17) is 5.11 Å². The Bertz CT molecular complexity index is 286. The fourth-order valence-electron chi connectivity index (χ4n) is 1.19. The summed E-state index contributed by atoms with van der Waals surface area (Å²) in [4.78, 5) is 32.4. The summed E-state index contributed by atoms with van der Waals surface area (Å²) >= 11 is 1.38. The summed E-state index contributed by atoms with van der Waals surface area (Å²) in [6.45, 7) is 4.40. The Hall–Kier alpha value is -1.24. The molecule has 0 heterocycles. The summed E-state index contributed by atoms with van der Waals surface area (Å²) in [5.41, 5.74) is 0. The topological polar surface area (TPSA) is 95.5 Å². The summed E-state index contributed by atoms with van der Waals surface area (Å²) < 4.78 is 0. The molecule has 3 N–H and O–H groups in total. The van der Waals surface area contributed by atoms with Gasteiger partial charge in [0.15, 0.2) is 0 Å². The highest BCUT2D eigenvalue weighted by Gasteiger charge is 2.18. The van der Waals surface area contributed by atoms with E-state index < -0.39 is 12.0 Å². The van der Waals surface area contributed by atoms with Crippen molar-refractivity contribution in [3.8, 4) is 0 Å². The maximum Gasteiger partial charge on any atom is 0.326 e. The van der Waals surface area contributed by atoms with Crippen molar-refractivity contribution in [2.24, 2.45) is 0 Å². The third-order valence-corrected chi connectivity index (χ3v) is 3.45. The maximum absolute atomic E-state index is 11.5. The Kier molecular flexibility index (Phi) is 9.08. The molecule has 0 spiro atoms. The molecule has 0 aromatic heterocycles. The van der Waals surface area contributed by atoms with Crippen molar-refractivity contribution >= 4 is 30.0 Å². The van der Waals surface area contributed by atoms with Crippen molar-refractivity contribution in [3.63, 3.8) is 0 Å². The van der Waals surface area contributed by atoms with E-state index >= 15 is 0 Å². The maximum atomic E-state index is 11.5. The predicted molar refractivity (Wildman–Crippen MR) is 70.5 cm³/mol. The van der Waals surface area contributed by atoms with Crippen LogP contribution in [0.4, 0.5) is 0 Å². The first-order valence-corrected chi connectivity index (χ1v) is 6.89. The molecular formula is C11H20N2O4S. The number of carbonyl (C=O) groups excluding carboxylic acids is 2. The summed E-state index contributed by atoms with van der Waals surface area (Å²) in [7, 11) is 0. The Morgan fingerprint density at radius 2 is 2.11 bits per heavy atom. The van der Waals surface area contributed by atoms with Gasteiger partial charge in [-0.3, -0.25) is 9.59 Å². The smallest absolute Gasteiger partial charge is 0.326 e. The van der Waals surface area contributed by atoms with E-state index in [0.29, 0.717) is 25.1 Å². The van der Waals surface area contributed by atoms with Crippen LogP contribution in [0.2, 0.25) is 0 Å². The Morgan fingerprint density at radius 3 is 2.61 bits per heavy atom. The standard InChI is InChI=1S/C11H20N2O4S/c1-3-5-12-10(15)8(2)18-6-4-9(11(16)17)13-7-14/h7-9H,3-6H2,1-2H3,(H,12,15)(H,13,14)(H,16,17). The Labute approximate surface area is 111 Å². The molecule has 0 aliphatic heterocycles. The highest BCUT2D eigenvalue weighted by molar-refractivity contribution is 8.00. The van der Waals surface area contributed by atoms with E-state index in [2.05, 4.69) is 10.6 Å². The van der Waals surface area contributed by atoms with E-state index in [1.165, 1.54) is 11.8 Å². The van der Waals surface area contributed by atoms with E-state index in [1.54, 1.807) is 6.92 Å². The monoisotopic (exact) mass is 276 g/mol. The molecule has 0 aliphatic rings. The van der Waals surface area contributed by atoms with Crippen molar-refractivity contribution in [1.29, 1.82) is 0 Å². The molecule has 0 radical (unpaired) electrons. The molecule has 7 heteroatoms. The van der Waals surface area contributed by atoms with E-state index in [-0.39, 0.29) is 11.2 Å². The molecule has 0 aromatic rings. The number of rotatable bonds is 10. The first-order chi connectivity index (χ1) is 8.52. The van der Waals surface area contributed by atoms with Gasteiger partial charge in [0.1, 0.15) is 6.04 Å². The zero-order valence-electron chi connectivity index (χ0n) is 10.6. The minimum Gasteiger partial charge on any atom is -0.480 e. The minimum atomic E-state index is -1.06. The molecule has 0 aliphatic carbocycles. The number of amides is 2. The molecule has 0 fully saturated rings. The number of hydrogen-bond acceptors (Lipinski definition) is 4. The van der Waals surface area contributed by atoms with Gasteiger partial charge in [-0.15, -0.1) is 11.8 Å². The van der Waals surface area contributed by atoms with Crippen LogP contribution in [0.25, 0.3) is 0 Å². The SMILES string of the molecule is CCCNC(=O)C(C)SCCC(NC=O)C(=O)O. The normalized spacial score (nSPS) is 13.4. The lowest BCUT2D eigenvalue weighted by Crippen LogP contribution is -2.36. The highest BCUT2D eigenvalue weighted by Crippen LogP contribution is 2.13. The van der Waals surface area contributed by atoms with Gasteiger partial charge in [0.05, 0.1) is 5.25 Å². The van der Waals surface area contributed by atoms with Crippen LogP contribution < -0.4 is 10.6 Å². The van der Waals surface area contributed by atoms with Gasteiger partial charge < -0.3 is 15.7 Å². The largest absolute Gasteiger partial charge is 0.480 e. The molecule has 0 saturated heterocycles. The van der Waals surface area contributed by atoms with Gasteiger partial charge in [0.2, 0.25) is 12.3 Å². The molecule has 0 saturated carbocycles. The second kappa shape index (κ2) is 9.76. The van der Waals surface area contributed by atoms with Crippen LogP contribution >= 0.6 is 11.8 Å². The predicted octanol–water partition coefficient (Wildman–Crippen LogP) is 0.224. The minimum absolute atomic E-state index is 0.0444. The number of carboxylic acids is 1. The quantitative estimate of drug-likeness (QED) is 0.496. The van der Waals surface area contributed by atoms with Crippen molar-refractivity contribution in [2.75, 3.05) is 12.3 Å². The van der Waals surface area contributed by atoms with Gasteiger partial charge >= 0.3 is 5.97 Å². The molecule has 2 unspecified atom stereocenters. The average molecular weight is 276 g/mol. The van der Waals surface area contributed by atoms with Gasteiger partial charge in [-0.05, 0) is 25.5 Å². The lowest BCUT2D eigenvalue weighted by molar-refractivity contribution is -0.140. The lowest BCUT2D eigenvalue weighted by atomic mass is 10.2. The second-order valence-corrected chi connectivity index (χ2v) is 5.22. The zero-order chi connectivity index (χ0) is 14.0. The summed E-state index contributed by atoms with van der Waals surface area (Å²) in [5, 5.41) is 13.6. The zero-order valence-corrected chi connectivity index (χ0v) is 11.5. The molecule has 0 aromatic carbocycles. The number of carbonyl (C=O) groups is 3. The van der Waals surface area contributed by atoms with Crippen molar-refractivity contribution in [3.05, 3.63) is 0 Å². The molecule has 0 bridgehead atoms. The molecule has 0 rings (SSSR count). The fraction of sp³-hybridized carbons (Fsp3) is 0.727. The highest BCUT2D eigenvalue weighted by atomic mass is 32.2. The first-order valence-electron chi connectivity index (χ1n) is 5.84. The molecule has 2 amide bonds. The van der Waals surface area contributed by atoms with E-state index in [1.807, 2.05) is 6.92 Å². The fourth-order valence-corrected chi connectivity index (χ4v) is 2.15. The Morgan fingerprint density at radius 1 is 1.44 bits per heavy atom. The van der Waals surface area contributed by atoms with Crippen LogP contribution in [-0.2, 0) is 14.4 Å². The summed E-state index contributed by atoms with van der Waals surface area (Å²) in [5.74, 6) is -0.610. The average Bonchev–Trinajstić information content (AvgIpc) is 2.34. The number of aliphatic carboxylic acids is 1. The number of hydrogen-bond donors (Lipinski definition) is 3. The van der Waals surface area contributed by atoms with Gasteiger partial charge in [0, 0.05) is 6.54 Å². The number of carboxylic acid groups (broad SMARTS) is 1. The third-order valence-electron chi connectivity index (χ3n) is 2.26. The molecule has 18 heavy (non-hydrogen) atoms. The number of nitrogens with one attached hydrogen (secondary N) is 2. The van der Waals surface area contributed by atoms with Gasteiger partial charge in [-0.1, -0.05) is 6.92 Å². The van der Waals surface area contributed by atoms with E-state index in [0.717, 1.165) is 6.42 Å². The summed E-state index contributed by atoms with van der Waals surface area (Å²) in [6, 6.07) is -0.888. The van der Waals surface area contributed by atoms with Crippen LogP contribution in [0.15, 0.2) is 0 Å². The first kappa shape index (κ1) is 16.8. The van der Waals surface area contributed by atoms with Crippen molar-refractivity contribution in [1.82, 2.24) is 10.6 Å². The molecular weight excluding hydrogens is 256 g/mol. The van der Waals surface area contributed by atoms with E-state index in [9.17, 15) is 14.4 Å². The van der Waals surface area contributed by atoms with Crippen LogP contribution in [0, 0.1) is 0 Å². The van der Waals surface area contributed by atoms with Crippen molar-refractivity contribution < 1.29 is 19.5 Å². The molecule has 6 nitrogen and oxygen atoms in total. The number of thioether (sulfide) groups is 1. The van der Waals surface area contributed by atoms with Gasteiger partial charge in [0.25, 0.3) is 0 Å². The van der Waals surface area contributed by atoms with Gasteiger partial charge in [-0.2, -0.15) is 0 Å². The van der Waals surface area contributed by atoms with Crippen LogP contribution in [0.3, 0.4) is 0 Å². The van der Waals surface area contributed by atoms with Gasteiger partial charge in [-0.25, -0.2) is 4.79 Å². The van der Waals surface area contributed by atoms with Crippen LogP contribution in [0.1, 0.15) is 26.7 Å².